The summed E-state index contributed by atoms with van der Waals surface area (Å²) in [4.78, 5) is 4.88. The van der Waals surface area contributed by atoms with Crippen LogP contribution in [0.1, 0.15) is 37.2 Å². The summed E-state index contributed by atoms with van der Waals surface area (Å²) in [5.74, 6) is 0.382. The number of H-pyrrole nitrogens is 1. The van der Waals surface area contributed by atoms with Gasteiger partial charge in [-0.3, -0.25) is 5.10 Å². The van der Waals surface area contributed by atoms with Gasteiger partial charge in [0, 0.05) is 35.1 Å². The molecule has 32 heavy (non-hydrogen) atoms. The summed E-state index contributed by atoms with van der Waals surface area (Å²) in [5, 5.41) is 7.68. The summed E-state index contributed by atoms with van der Waals surface area (Å²) in [6.45, 7) is 0. The van der Waals surface area contributed by atoms with Crippen LogP contribution in [0.25, 0.3) is 22.2 Å². The molecule has 0 unspecified atom stereocenters. The van der Waals surface area contributed by atoms with Crippen LogP contribution >= 0.6 is 0 Å². The number of benzene rings is 1. The number of rotatable bonds is 5. The molecule has 1 aromatic carbocycles. The Kier molecular flexibility index (Phi) is 5.30. The Morgan fingerprint density at radius 3 is 2.62 bits per heavy atom. The van der Waals surface area contributed by atoms with Crippen LogP contribution in [0.5, 0.6) is 0 Å². The third kappa shape index (κ3) is 3.60. The molecular formula is C24H24N4O3S. The molecule has 0 aliphatic heterocycles. The fourth-order valence-electron chi connectivity index (χ4n) is 4.44. The lowest BCUT2D eigenvalue weighted by Gasteiger charge is -2.24. The molecule has 0 amide bonds. The van der Waals surface area contributed by atoms with Crippen molar-refractivity contribution in [1.29, 1.82) is 0 Å². The van der Waals surface area contributed by atoms with Crippen LogP contribution in [0.4, 0.5) is 0 Å². The average molecular weight is 449 g/mol. The van der Waals surface area contributed by atoms with Crippen molar-refractivity contribution in [3.63, 3.8) is 0 Å². The smallest absolute Gasteiger partial charge is 0.269 e. The highest BCUT2D eigenvalue weighted by Gasteiger charge is 2.25. The lowest BCUT2D eigenvalue weighted by atomic mass is 9.82. The summed E-state index contributed by atoms with van der Waals surface area (Å²) in [7, 11) is -2.10. The molecule has 3 aromatic heterocycles. The van der Waals surface area contributed by atoms with Crippen LogP contribution in [0.3, 0.4) is 0 Å². The van der Waals surface area contributed by atoms with Gasteiger partial charge in [0.05, 0.1) is 24.5 Å². The first-order valence-electron chi connectivity index (χ1n) is 10.6. The number of nitrogens with one attached hydrogen (secondary N) is 1. The topological polar surface area (TPSA) is 89.9 Å². The van der Waals surface area contributed by atoms with E-state index in [0.717, 1.165) is 47.8 Å². The van der Waals surface area contributed by atoms with Gasteiger partial charge >= 0.3 is 0 Å². The van der Waals surface area contributed by atoms with E-state index in [1.165, 1.54) is 9.55 Å². The van der Waals surface area contributed by atoms with E-state index in [4.69, 9.17) is 4.74 Å². The fraction of sp³-hybridized carbons (Fsp3) is 0.250. The normalized spacial score (nSPS) is 16.9. The Labute approximate surface area is 186 Å². The maximum atomic E-state index is 13.4. The molecule has 4 aromatic rings. The molecule has 164 valence electrons. The Balaban J connectivity index is 1.61. The Morgan fingerprint density at radius 1 is 1.16 bits per heavy atom. The number of hydrogen-bond acceptors (Lipinski definition) is 5. The largest absolute Gasteiger partial charge is 0.504 e. The summed E-state index contributed by atoms with van der Waals surface area (Å²) >= 11 is 0. The highest BCUT2D eigenvalue weighted by Crippen LogP contribution is 2.38. The van der Waals surface area contributed by atoms with Crippen LogP contribution in [-0.4, -0.2) is 34.7 Å². The van der Waals surface area contributed by atoms with Gasteiger partial charge < -0.3 is 4.74 Å². The predicted octanol–water partition coefficient (Wildman–Crippen LogP) is 4.85. The van der Waals surface area contributed by atoms with E-state index in [1.807, 2.05) is 12.5 Å². The number of aromatic nitrogens is 4. The van der Waals surface area contributed by atoms with Crippen LogP contribution in [0.2, 0.25) is 0 Å². The highest BCUT2D eigenvalue weighted by molar-refractivity contribution is 7.90. The molecule has 1 N–H and O–H groups in total. The standard InChI is InChI=1S/C24H24N4O3S/c1-31-16-17-7-9-18(10-8-17)19-11-22-23(20-13-26-27-14-20)15-28(24(22)25-12-19)32(29,30)21-5-3-2-4-6-21/h2-6,11-16,18H,7-10H2,1H3,(H,26,27). The lowest BCUT2D eigenvalue weighted by Crippen LogP contribution is -2.12. The van der Waals surface area contributed by atoms with E-state index in [0.29, 0.717) is 11.6 Å². The quantitative estimate of drug-likeness (QED) is 0.441. The van der Waals surface area contributed by atoms with E-state index in [1.54, 1.807) is 56.0 Å². The van der Waals surface area contributed by atoms with Gasteiger partial charge in [-0.25, -0.2) is 17.4 Å². The van der Waals surface area contributed by atoms with Gasteiger partial charge in [-0.1, -0.05) is 18.2 Å². The average Bonchev–Trinajstić information content (AvgIpc) is 3.48. The summed E-state index contributed by atoms with van der Waals surface area (Å²) in [6.07, 6.45) is 12.8. The molecule has 0 radical (unpaired) electrons. The zero-order valence-electron chi connectivity index (χ0n) is 17.7. The molecular weight excluding hydrogens is 424 g/mol. The van der Waals surface area contributed by atoms with E-state index in [9.17, 15) is 8.42 Å². The number of fused-ring (bicyclic) bond motifs is 1. The number of aromatic amines is 1. The maximum Gasteiger partial charge on any atom is 0.269 e. The summed E-state index contributed by atoms with van der Waals surface area (Å²) < 4.78 is 33.2. The second-order valence-corrected chi connectivity index (χ2v) is 9.88. The van der Waals surface area contributed by atoms with Crippen LogP contribution in [0, 0.1) is 0 Å². The number of hydrogen-bond donors (Lipinski definition) is 1. The number of pyridine rings is 1. The van der Waals surface area contributed by atoms with Crippen molar-refractivity contribution in [2.75, 3.05) is 7.11 Å². The van der Waals surface area contributed by atoms with E-state index < -0.39 is 10.0 Å². The first-order valence-corrected chi connectivity index (χ1v) is 12.0. The second-order valence-electron chi connectivity index (χ2n) is 8.07. The molecule has 7 nitrogen and oxygen atoms in total. The summed E-state index contributed by atoms with van der Waals surface area (Å²) in [6, 6.07) is 10.5. The number of nitrogens with zero attached hydrogens (tertiary/aromatic N) is 3. The lowest BCUT2D eigenvalue weighted by molar-refractivity contribution is 0.326. The Hall–Kier alpha value is -3.39. The molecule has 5 rings (SSSR count). The molecule has 0 atom stereocenters. The molecule has 0 bridgehead atoms. The number of methoxy groups -OCH3 is 1. The van der Waals surface area contributed by atoms with Crippen molar-refractivity contribution in [3.05, 3.63) is 78.6 Å². The molecule has 1 fully saturated rings. The predicted molar refractivity (Wildman–Crippen MR) is 123 cm³/mol. The molecule has 1 saturated carbocycles. The van der Waals surface area contributed by atoms with Crippen LogP contribution in [0.15, 0.2) is 77.9 Å². The maximum absolute atomic E-state index is 13.4. The monoisotopic (exact) mass is 448 g/mol. The van der Waals surface area contributed by atoms with Crippen LogP contribution < -0.4 is 0 Å². The van der Waals surface area contributed by atoms with Crippen molar-refractivity contribution in [2.45, 2.75) is 36.5 Å². The van der Waals surface area contributed by atoms with Crippen molar-refractivity contribution in [2.24, 2.45) is 0 Å². The van der Waals surface area contributed by atoms with Crippen molar-refractivity contribution >= 4 is 21.1 Å². The van der Waals surface area contributed by atoms with Gasteiger partial charge in [0.2, 0.25) is 0 Å². The fourth-order valence-corrected chi connectivity index (χ4v) is 5.79. The minimum absolute atomic E-state index is 0.228. The van der Waals surface area contributed by atoms with Crippen molar-refractivity contribution in [1.82, 2.24) is 19.2 Å². The van der Waals surface area contributed by atoms with Crippen LogP contribution in [-0.2, 0) is 14.8 Å². The van der Waals surface area contributed by atoms with E-state index in [-0.39, 0.29) is 4.90 Å². The van der Waals surface area contributed by atoms with Gasteiger partial charge in [0.1, 0.15) is 0 Å². The van der Waals surface area contributed by atoms with E-state index in [2.05, 4.69) is 21.2 Å². The molecule has 1 aliphatic rings. The molecule has 1 aliphatic carbocycles. The Morgan fingerprint density at radius 2 is 1.94 bits per heavy atom. The van der Waals surface area contributed by atoms with Gasteiger partial charge in [-0.15, -0.1) is 0 Å². The zero-order chi connectivity index (χ0) is 22.1. The van der Waals surface area contributed by atoms with Gasteiger partial charge in [0.15, 0.2) is 5.65 Å². The first-order chi connectivity index (χ1) is 15.6. The highest BCUT2D eigenvalue weighted by atomic mass is 32.2. The summed E-state index contributed by atoms with van der Waals surface area (Å²) in [5.41, 5.74) is 4.50. The Bertz CT molecular complexity index is 1360. The molecule has 3 heterocycles. The van der Waals surface area contributed by atoms with Gasteiger partial charge in [-0.2, -0.15) is 5.10 Å². The SMILES string of the molecule is COC=C1CCC(c2cnc3c(c2)c(-c2cn[nH]c2)cn3S(=O)(=O)c2ccccc2)CC1. The van der Waals surface area contributed by atoms with Gasteiger partial charge in [-0.05, 0) is 60.9 Å². The first kappa shape index (κ1) is 20.5. The minimum atomic E-state index is -3.78. The van der Waals surface area contributed by atoms with Gasteiger partial charge in [0.25, 0.3) is 10.0 Å². The third-order valence-electron chi connectivity index (χ3n) is 6.13. The molecule has 0 saturated heterocycles. The third-order valence-corrected chi connectivity index (χ3v) is 7.79. The number of ether oxygens (including phenoxy) is 1. The number of allylic oxidation sites excluding steroid dienone is 1. The molecule has 8 heteroatoms. The second kappa shape index (κ2) is 8.27. The van der Waals surface area contributed by atoms with E-state index >= 15 is 0 Å². The minimum Gasteiger partial charge on any atom is -0.504 e. The molecule has 0 spiro atoms. The zero-order valence-corrected chi connectivity index (χ0v) is 18.5. The van der Waals surface area contributed by atoms with Crippen molar-refractivity contribution < 1.29 is 13.2 Å². The van der Waals surface area contributed by atoms with Crippen molar-refractivity contribution in [3.8, 4) is 11.1 Å².